The van der Waals surface area contributed by atoms with E-state index in [9.17, 15) is 4.79 Å². The number of carbonyl (C=O) groups is 1. The molecule has 2 N–H and O–H groups in total. The molecule has 0 saturated carbocycles. The van der Waals surface area contributed by atoms with Gasteiger partial charge in [-0.25, -0.2) is 4.79 Å². The summed E-state index contributed by atoms with van der Waals surface area (Å²) in [7, 11) is 2.13. The highest BCUT2D eigenvalue weighted by Gasteiger charge is 2.20. The highest BCUT2D eigenvalue weighted by atomic mass is 16.2. The third-order valence-corrected chi connectivity index (χ3v) is 5.24. The molecule has 2 fully saturated rings. The van der Waals surface area contributed by atoms with Gasteiger partial charge >= 0.3 is 6.03 Å². The summed E-state index contributed by atoms with van der Waals surface area (Å²) in [6.45, 7) is 6.44. The van der Waals surface area contributed by atoms with E-state index in [2.05, 4.69) is 58.7 Å². The van der Waals surface area contributed by atoms with Crippen LogP contribution < -0.4 is 15.5 Å². The molecule has 0 aliphatic carbocycles. The summed E-state index contributed by atoms with van der Waals surface area (Å²) in [6.07, 6.45) is 4.61. The predicted octanol–water partition coefficient (Wildman–Crippen LogP) is 2.74. The van der Waals surface area contributed by atoms with Crippen LogP contribution in [-0.2, 0) is 0 Å². The van der Waals surface area contributed by atoms with Crippen molar-refractivity contribution in [3.05, 3.63) is 29.8 Å². The van der Waals surface area contributed by atoms with Crippen molar-refractivity contribution in [1.82, 2.24) is 15.5 Å². The smallest absolute Gasteiger partial charge is 0.315 e. The van der Waals surface area contributed by atoms with Crippen molar-refractivity contribution in [2.24, 2.45) is 0 Å². The minimum atomic E-state index is -0.0522. The number of urea groups is 1. The van der Waals surface area contributed by atoms with Crippen molar-refractivity contribution in [3.63, 3.8) is 0 Å². The van der Waals surface area contributed by atoms with Gasteiger partial charge in [-0.3, -0.25) is 0 Å². The molecule has 24 heavy (non-hydrogen) atoms. The fourth-order valence-electron chi connectivity index (χ4n) is 3.63. The second-order valence-corrected chi connectivity index (χ2v) is 7.21. The lowest BCUT2D eigenvalue weighted by atomic mass is 10.1. The van der Waals surface area contributed by atoms with E-state index in [1.807, 2.05) is 0 Å². The maximum atomic E-state index is 12.3. The van der Waals surface area contributed by atoms with Crippen LogP contribution in [0.5, 0.6) is 0 Å². The van der Waals surface area contributed by atoms with Crippen molar-refractivity contribution in [3.8, 4) is 0 Å². The van der Waals surface area contributed by atoms with Crippen molar-refractivity contribution >= 4 is 11.7 Å². The first-order valence-corrected chi connectivity index (χ1v) is 9.22. The highest BCUT2D eigenvalue weighted by molar-refractivity contribution is 5.74. The summed E-state index contributed by atoms with van der Waals surface area (Å²) in [5.41, 5.74) is 2.44. The number of rotatable bonds is 4. The van der Waals surface area contributed by atoms with Gasteiger partial charge in [0.05, 0.1) is 6.04 Å². The second-order valence-electron chi connectivity index (χ2n) is 7.21. The largest absolute Gasteiger partial charge is 0.372 e. The van der Waals surface area contributed by atoms with Crippen LogP contribution in [0.15, 0.2) is 24.3 Å². The molecule has 132 valence electrons. The van der Waals surface area contributed by atoms with Gasteiger partial charge in [0.15, 0.2) is 0 Å². The van der Waals surface area contributed by atoms with Gasteiger partial charge in [-0.15, -0.1) is 0 Å². The van der Waals surface area contributed by atoms with E-state index in [4.69, 9.17) is 0 Å². The Balaban J connectivity index is 1.53. The van der Waals surface area contributed by atoms with E-state index in [-0.39, 0.29) is 12.1 Å². The molecule has 1 atom stereocenters. The summed E-state index contributed by atoms with van der Waals surface area (Å²) in [6, 6.07) is 8.83. The molecule has 5 heteroatoms. The number of likely N-dealkylation sites (tertiary alicyclic amines) is 1. The van der Waals surface area contributed by atoms with Crippen molar-refractivity contribution < 1.29 is 4.79 Å². The standard InChI is InChI=1S/C19H30N4O/c1-15(20-19(24)21-17-8-12-22(2)13-9-17)16-6-5-7-18(14-16)23-10-3-4-11-23/h5-7,14-15,17H,3-4,8-13H2,1-2H3,(H2,20,21,24)/t15-/m0/s1. The molecule has 3 rings (SSSR count). The third-order valence-electron chi connectivity index (χ3n) is 5.24. The van der Waals surface area contributed by atoms with Crippen LogP contribution in [0.25, 0.3) is 0 Å². The predicted molar refractivity (Wildman–Crippen MR) is 98.5 cm³/mol. The molecule has 0 radical (unpaired) electrons. The maximum Gasteiger partial charge on any atom is 0.315 e. The van der Waals surface area contributed by atoms with Gasteiger partial charge in [0.1, 0.15) is 0 Å². The molecule has 5 nitrogen and oxygen atoms in total. The molecule has 2 saturated heterocycles. The van der Waals surface area contributed by atoms with Gasteiger partial charge < -0.3 is 20.4 Å². The monoisotopic (exact) mass is 330 g/mol. The maximum absolute atomic E-state index is 12.3. The summed E-state index contributed by atoms with van der Waals surface area (Å²) in [5.74, 6) is 0. The third kappa shape index (κ3) is 4.41. The van der Waals surface area contributed by atoms with E-state index in [0.29, 0.717) is 6.04 Å². The number of piperidine rings is 1. The Morgan fingerprint density at radius 1 is 1.17 bits per heavy atom. The van der Waals surface area contributed by atoms with Crippen LogP contribution in [-0.4, -0.2) is 50.2 Å². The van der Waals surface area contributed by atoms with Crippen molar-refractivity contribution in [2.75, 3.05) is 38.1 Å². The van der Waals surface area contributed by atoms with Crippen LogP contribution in [0.1, 0.15) is 44.2 Å². The van der Waals surface area contributed by atoms with Crippen LogP contribution >= 0.6 is 0 Å². The average molecular weight is 330 g/mol. The fourth-order valence-corrected chi connectivity index (χ4v) is 3.63. The Morgan fingerprint density at radius 3 is 2.58 bits per heavy atom. The molecule has 1 aromatic carbocycles. The molecule has 2 heterocycles. The number of amides is 2. The zero-order chi connectivity index (χ0) is 16.9. The number of hydrogen-bond donors (Lipinski definition) is 2. The molecular weight excluding hydrogens is 300 g/mol. The lowest BCUT2D eigenvalue weighted by Gasteiger charge is -2.30. The number of nitrogens with one attached hydrogen (secondary N) is 2. The number of benzene rings is 1. The van der Waals surface area contributed by atoms with Gasteiger partial charge in [-0.05, 0) is 70.4 Å². The van der Waals surface area contributed by atoms with Gasteiger partial charge in [-0.1, -0.05) is 12.1 Å². The number of carbonyl (C=O) groups excluding carboxylic acids is 1. The first-order chi connectivity index (χ1) is 11.6. The Bertz CT molecular complexity index is 548. The van der Waals surface area contributed by atoms with E-state index in [1.54, 1.807) is 0 Å². The first kappa shape index (κ1) is 17.1. The zero-order valence-corrected chi connectivity index (χ0v) is 14.9. The van der Waals surface area contributed by atoms with E-state index in [1.165, 1.54) is 18.5 Å². The van der Waals surface area contributed by atoms with E-state index >= 15 is 0 Å². The molecule has 2 amide bonds. The lowest BCUT2D eigenvalue weighted by molar-refractivity contribution is 0.212. The SMILES string of the molecule is C[C@H](NC(=O)NC1CCN(C)CC1)c1cccc(N2CCCC2)c1. The molecular formula is C19H30N4O. The normalized spacial score (nSPS) is 20.8. The quantitative estimate of drug-likeness (QED) is 0.892. The molecule has 0 aromatic heterocycles. The summed E-state index contributed by atoms with van der Waals surface area (Å²) in [4.78, 5) is 17.0. The number of hydrogen-bond acceptors (Lipinski definition) is 3. The minimum Gasteiger partial charge on any atom is -0.372 e. The molecule has 2 aliphatic rings. The molecule has 1 aromatic rings. The lowest BCUT2D eigenvalue weighted by Crippen LogP contribution is -2.47. The van der Waals surface area contributed by atoms with Crippen LogP contribution in [0.2, 0.25) is 0 Å². The Kier molecular flexibility index (Phi) is 5.61. The zero-order valence-electron chi connectivity index (χ0n) is 14.9. The summed E-state index contributed by atoms with van der Waals surface area (Å²) < 4.78 is 0. The van der Waals surface area contributed by atoms with Crippen LogP contribution in [0, 0.1) is 0 Å². The van der Waals surface area contributed by atoms with Gasteiger partial charge in [0, 0.05) is 24.8 Å². The minimum absolute atomic E-state index is 0.0128. The fraction of sp³-hybridized carbons (Fsp3) is 0.632. The summed E-state index contributed by atoms with van der Waals surface area (Å²) >= 11 is 0. The highest BCUT2D eigenvalue weighted by Crippen LogP contribution is 2.24. The number of anilines is 1. The van der Waals surface area contributed by atoms with Gasteiger partial charge in [-0.2, -0.15) is 0 Å². The van der Waals surface area contributed by atoms with Crippen molar-refractivity contribution in [1.29, 1.82) is 0 Å². The average Bonchev–Trinajstić information content (AvgIpc) is 3.11. The Labute approximate surface area is 145 Å². The topological polar surface area (TPSA) is 47.6 Å². The van der Waals surface area contributed by atoms with E-state index < -0.39 is 0 Å². The van der Waals surface area contributed by atoms with Crippen molar-refractivity contribution in [2.45, 2.75) is 44.7 Å². The molecule has 0 spiro atoms. The molecule has 0 bridgehead atoms. The van der Waals surface area contributed by atoms with E-state index in [0.717, 1.165) is 44.6 Å². The molecule has 2 aliphatic heterocycles. The van der Waals surface area contributed by atoms with Gasteiger partial charge in [0.25, 0.3) is 0 Å². The number of nitrogens with zero attached hydrogens (tertiary/aromatic N) is 2. The second kappa shape index (κ2) is 7.88. The Hall–Kier alpha value is -1.75. The Morgan fingerprint density at radius 2 is 1.88 bits per heavy atom. The first-order valence-electron chi connectivity index (χ1n) is 9.22. The summed E-state index contributed by atoms with van der Waals surface area (Å²) in [5, 5.41) is 6.21. The molecule has 0 unspecified atom stereocenters. The van der Waals surface area contributed by atoms with Crippen LogP contribution in [0.4, 0.5) is 10.5 Å². The van der Waals surface area contributed by atoms with Gasteiger partial charge in [0.2, 0.25) is 0 Å². The van der Waals surface area contributed by atoms with Crippen LogP contribution in [0.3, 0.4) is 0 Å².